The molecule has 13 heteroatoms. The molecule has 0 spiro atoms. The molecule has 0 fully saturated rings. The van der Waals surface area contributed by atoms with Gasteiger partial charge in [-0.2, -0.15) is 33.9 Å². The summed E-state index contributed by atoms with van der Waals surface area (Å²) >= 11 is 0. The first-order valence-corrected chi connectivity index (χ1v) is 23.9. The minimum Gasteiger partial charge on any atom is -0.380 e. The van der Waals surface area contributed by atoms with Gasteiger partial charge in [0.05, 0.1) is 13.2 Å². The number of unbranched alkanes of at least 4 members (excludes halogenated alkanes) is 18. The van der Waals surface area contributed by atoms with Gasteiger partial charge in [0.1, 0.15) is 0 Å². The van der Waals surface area contributed by atoms with Gasteiger partial charge in [-0.3, -0.25) is 0 Å². The van der Waals surface area contributed by atoms with Crippen LogP contribution in [-0.4, -0.2) is 83.5 Å². The van der Waals surface area contributed by atoms with Crippen molar-refractivity contribution in [2.75, 3.05) is 45.9 Å². The van der Waals surface area contributed by atoms with Crippen LogP contribution in [0, 0.1) is 0 Å². The van der Waals surface area contributed by atoms with Gasteiger partial charge in [-0.25, -0.2) is 0 Å². The fourth-order valence-electron chi connectivity index (χ4n) is 5.69. The predicted molar refractivity (Wildman–Crippen MR) is 197 cm³/mol. The van der Waals surface area contributed by atoms with Crippen molar-refractivity contribution in [2.45, 2.75) is 176 Å². The topological polar surface area (TPSA) is 121 Å². The number of rotatable bonds is 35. The summed E-state index contributed by atoms with van der Waals surface area (Å²) in [7, 11) is -14.9. The van der Waals surface area contributed by atoms with Crippen molar-refractivity contribution in [3.63, 3.8) is 0 Å². The summed E-state index contributed by atoms with van der Waals surface area (Å²) < 4.78 is 90.0. The Labute approximate surface area is 291 Å². The molecule has 0 aliphatic rings. The number of hydrogen-bond donors (Lipinski definition) is 0. The van der Waals surface area contributed by atoms with E-state index >= 15 is 0 Å². The Bertz CT molecular complexity index is 1050. The van der Waals surface area contributed by atoms with E-state index in [0.29, 0.717) is 25.9 Å². The molecule has 0 saturated carbocycles. The van der Waals surface area contributed by atoms with Crippen molar-refractivity contribution in [3.05, 3.63) is 0 Å². The molecule has 0 bridgehead atoms. The van der Waals surface area contributed by atoms with Crippen LogP contribution in [0.25, 0.3) is 0 Å². The van der Waals surface area contributed by atoms with Gasteiger partial charge in [0.15, 0.2) is 0 Å². The largest absolute Gasteiger partial charge is 0.380 e. The van der Waals surface area contributed by atoms with Crippen LogP contribution in [0.5, 0.6) is 0 Å². The van der Waals surface area contributed by atoms with Gasteiger partial charge in [0.2, 0.25) is 0 Å². The average Bonchev–Trinajstić information content (AvgIpc) is 3.03. The van der Waals surface area contributed by atoms with E-state index in [0.717, 1.165) is 53.6 Å². The molecule has 0 amide bonds. The van der Waals surface area contributed by atoms with Gasteiger partial charge in [0.25, 0.3) is 10.2 Å². The van der Waals surface area contributed by atoms with E-state index in [2.05, 4.69) is 13.8 Å². The molecule has 0 aromatic carbocycles. The first kappa shape index (κ1) is 46.7. The van der Waals surface area contributed by atoms with Crippen LogP contribution in [0.15, 0.2) is 0 Å². The highest BCUT2D eigenvalue weighted by molar-refractivity contribution is 8.66. The molecule has 0 N–H and O–H groups in total. The minimum absolute atomic E-state index is 0.00533. The fraction of sp³-hybridized carbons (Fsp3) is 1.00. The monoisotopic (exact) mass is 731 g/mol. The van der Waals surface area contributed by atoms with Gasteiger partial charge in [0, 0.05) is 32.8 Å². The Hall–Kier alpha value is -0.310. The van der Waals surface area contributed by atoms with Gasteiger partial charge in [-0.05, 0) is 25.7 Å². The maximum Gasteiger partial charge on any atom is 0.348 e. The summed E-state index contributed by atoms with van der Waals surface area (Å²) in [5, 5.41) is 0. The molecule has 0 aromatic heterocycles. The van der Waals surface area contributed by atoms with Gasteiger partial charge < -0.3 is 4.74 Å². The standard InChI is InChI=1S/C34H73N3O7S3/c1-6-11-13-15-17-19-21-23-25-27-31-35(10-5)45(38,39)37(47(42,43)46(40,41)36(29-8-3)30-9-4)32-34-44-33-28-26-24-22-20-18-16-14-12-7-2/h6-34H2,1-5H3. The molecule has 0 rings (SSSR count). The highest BCUT2D eigenvalue weighted by atomic mass is 33.2. The van der Waals surface area contributed by atoms with Crippen LogP contribution in [0.4, 0.5) is 0 Å². The van der Waals surface area contributed by atoms with Crippen LogP contribution < -0.4 is 0 Å². The normalized spacial score (nSPS) is 13.0. The van der Waals surface area contributed by atoms with Crippen LogP contribution in [-0.2, 0) is 33.1 Å². The Balaban J connectivity index is 5.33. The summed E-state index contributed by atoms with van der Waals surface area (Å²) in [6, 6.07) is 0. The van der Waals surface area contributed by atoms with Crippen molar-refractivity contribution in [2.24, 2.45) is 0 Å². The van der Waals surface area contributed by atoms with Crippen molar-refractivity contribution in [1.29, 1.82) is 0 Å². The molecule has 0 heterocycles. The van der Waals surface area contributed by atoms with E-state index in [4.69, 9.17) is 4.74 Å². The lowest BCUT2D eigenvalue weighted by atomic mass is 10.1. The summed E-state index contributed by atoms with van der Waals surface area (Å²) in [5.41, 5.74) is 0. The molecule has 0 atom stereocenters. The molecular weight excluding hydrogens is 659 g/mol. The molecular formula is C34H73N3O7S3. The van der Waals surface area contributed by atoms with E-state index in [1.807, 2.05) is 0 Å². The molecule has 10 nitrogen and oxygen atoms in total. The van der Waals surface area contributed by atoms with Gasteiger partial charge in [-0.1, -0.05) is 154 Å². The van der Waals surface area contributed by atoms with Crippen LogP contribution in [0.3, 0.4) is 0 Å². The number of hydrogen-bond acceptors (Lipinski definition) is 7. The zero-order chi connectivity index (χ0) is 35.4. The molecule has 0 aliphatic heterocycles. The van der Waals surface area contributed by atoms with Crippen LogP contribution in [0.2, 0.25) is 0 Å². The average molecular weight is 732 g/mol. The van der Waals surface area contributed by atoms with Gasteiger partial charge in [-0.15, -0.1) is 0 Å². The van der Waals surface area contributed by atoms with Crippen molar-refractivity contribution < 1.29 is 30.0 Å². The second-order valence-electron chi connectivity index (χ2n) is 12.8. The van der Waals surface area contributed by atoms with E-state index in [-0.39, 0.29) is 36.5 Å². The lowest BCUT2D eigenvalue weighted by Crippen LogP contribution is -2.52. The van der Waals surface area contributed by atoms with E-state index in [1.165, 1.54) is 77.0 Å². The third-order valence-corrected chi connectivity index (χ3v) is 16.7. The Morgan fingerprint density at radius 3 is 1.19 bits per heavy atom. The molecule has 0 aliphatic carbocycles. The van der Waals surface area contributed by atoms with Crippen LogP contribution >= 0.6 is 0 Å². The second kappa shape index (κ2) is 28.4. The maximum absolute atomic E-state index is 13.9. The zero-order valence-corrected chi connectivity index (χ0v) is 33.4. The first-order valence-electron chi connectivity index (χ1n) is 19.1. The lowest BCUT2D eigenvalue weighted by molar-refractivity contribution is 0.127. The summed E-state index contributed by atoms with van der Waals surface area (Å²) in [6.07, 6.45) is 23.4. The minimum atomic E-state index is -5.30. The summed E-state index contributed by atoms with van der Waals surface area (Å²) in [5.74, 6) is 0. The molecule has 47 heavy (non-hydrogen) atoms. The fourth-order valence-corrected chi connectivity index (χ4v) is 13.2. The second-order valence-corrected chi connectivity index (χ2v) is 20.1. The van der Waals surface area contributed by atoms with E-state index < -0.39 is 34.9 Å². The predicted octanol–water partition coefficient (Wildman–Crippen LogP) is 8.41. The Kier molecular flexibility index (Phi) is 28.2. The number of nitrogens with zero attached hydrogens (tertiary/aromatic N) is 3. The SMILES string of the molecule is CCCCCCCCCCCCOCCN(S(=O)(=O)N(CC)CCCCCCCCCCCC)S(=O)(=O)S(=O)(=O)N(CCC)CCC. The van der Waals surface area contributed by atoms with Crippen LogP contribution in [0.1, 0.15) is 176 Å². The van der Waals surface area contributed by atoms with E-state index in [1.54, 1.807) is 20.8 Å². The molecule has 0 aromatic rings. The molecule has 0 saturated heterocycles. The molecule has 0 unspecified atom stereocenters. The summed E-state index contributed by atoms with van der Waals surface area (Å²) in [4.78, 5) is 0. The van der Waals surface area contributed by atoms with Crippen molar-refractivity contribution in [3.8, 4) is 0 Å². The first-order chi connectivity index (χ1) is 22.5. The third kappa shape index (κ3) is 19.0. The lowest BCUT2D eigenvalue weighted by Gasteiger charge is -2.30. The third-order valence-electron chi connectivity index (χ3n) is 8.54. The Morgan fingerprint density at radius 2 is 0.787 bits per heavy atom. The van der Waals surface area contributed by atoms with Crippen molar-refractivity contribution in [1.82, 2.24) is 12.3 Å². The molecule has 0 radical (unpaired) electrons. The van der Waals surface area contributed by atoms with Gasteiger partial charge >= 0.3 is 18.1 Å². The zero-order valence-electron chi connectivity index (χ0n) is 30.9. The maximum atomic E-state index is 13.9. The highest BCUT2D eigenvalue weighted by Gasteiger charge is 2.48. The molecule has 284 valence electrons. The smallest absolute Gasteiger partial charge is 0.348 e. The quantitative estimate of drug-likeness (QED) is 0.0474. The number of ether oxygens (including phenoxy) is 1. The van der Waals surface area contributed by atoms with E-state index in [9.17, 15) is 25.3 Å². The Morgan fingerprint density at radius 1 is 0.383 bits per heavy atom. The van der Waals surface area contributed by atoms with Crippen molar-refractivity contribution >= 4 is 28.3 Å². The highest BCUT2D eigenvalue weighted by Crippen LogP contribution is 2.23. The summed E-state index contributed by atoms with van der Waals surface area (Å²) in [6.45, 7) is 9.32.